The Morgan fingerprint density at radius 2 is 1.80 bits per heavy atom. The molecule has 1 fully saturated rings. The van der Waals surface area contributed by atoms with Crippen molar-refractivity contribution in [1.29, 1.82) is 0 Å². The smallest absolute Gasteiger partial charge is 0.243 e. The zero-order valence-electron chi connectivity index (χ0n) is 25.0. The van der Waals surface area contributed by atoms with Crippen LogP contribution in [0.4, 0.5) is 0 Å². The highest BCUT2D eigenvalue weighted by Gasteiger charge is 2.33. The zero-order chi connectivity index (χ0) is 29.5. The van der Waals surface area contributed by atoms with E-state index in [1.54, 1.807) is 13.3 Å². The second-order valence-corrected chi connectivity index (χ2v) is 13.1. The first-order chi connectivity index (χ1) is 18.8. The predicted octanol–water partition coefficient (Wildman–Crippen LogP) is 5.62. The number of benzene rings is 2. The maximum atomic E-state index is 13.2. The van der Waals surface area contributed by atoms with Crippen LogP contribution in [-0.4, -0.2) is 47.6 Å². The largest absolute Gasteiger partial charge is 0.507 e. The Morgan fingerprint density at radius 1 is 1.12 bits per heavy atom. The molecule has 1 aliphatic rings. The second-order valence-electron chi connectivity index (χ2n) is 12.7. The first-order valence-corrected chi connectivity index (χ1v) is 14.5. The van der Waals surface area contributed by atoms with Gasteiger partial charge >= 0.3 is 0 Å². The van der Waals surface area contributed by atoms with Gasteiger partial charge in [0, 0.05) is 23.9 Å². The summed E-state index contributed by atoms with van der Waals surface area (Å²) in [5.41, 5.74) is 1.90. The van der Waals surface area contributed by atoms with Crippen molar-refractivity contribution >= 4 is 29.5 Å². The van der Waals surface area contributed by atoms with E-state index >= 15 is 0 Å². The van der Waals surface area contributed by atoms with Crippen molar-refractivity contribution in [3.05, 3.63) is 59.2 Å². The van der Waals surface area contributed by atoms with Crippen LogP contribution >= 0.6 is 12.2 Å². The Morgan fingerprint density at radius 3 is 2.42 bits per heavy atom. The average Bonchev–Trinajstić information content (AvgIpc) is 2.90. The number of nitrogens with one attached hydrogen (secondary N) is 3. The van der Waals surface area contributed by atoms with Crippen molar-refractivity contribution in [2.24, 2.45) is 10.4 Å². The lowest BCUT2D eigenvalue weighted by Crippen LogP contribution is -2.58. The van der Waals surface area contributed by atoms with E-state index < -0.39 is 6.04 Å². The van der Waals surface area contributed by atoms with Gasteiger partial charge in [0.2, 0.25) is 5.91 Å². The van der Waals surface area contributed by atoms with Gasteiger partial charge in [0.1, 0.15) is 17.5 Å². The van der Waals surface area contributed by atoms with Gasteiger partial charge in [-0.2, -0.15) is 0 Å². The van der Waals surface area contributed by atoms with Crippen LogP contribution < -0.4 is 20.7 Å². The van der Waals surface area contributed by atoms with Crippen LogP contribution in [0, 0.1) is 5.41 Å². The summed E-state index contributed by atoms with van der Waals surface area (Å²) in [6.07, 6.45) is 5.73. The van der Waals surface area contributed by atoms with Gasteiger partial charge in [0.15, 0.2) is 5.11 Å². The number of carbonyl (C=O) groups is 1. The fourth-order valence-corrected chi connectivity index (χ4v) is 5.22. The van der Waals surface area contributed by atoms with E-state index in [0.717, 1.165) is 36.8 Å². The number of hydrogen-bond donors (Lipinski definition) is 4. The number of nitrogens with zero attached hydrogens (tertiary/aromatic N) is 1. The lowest BCUT2D eigenvalue weighted by molar-refractivity contribution is -0.125. The Balaban J connectivity index is 1.71. The monoisotopic (exact) mass is 566 g/mol. The van der Waals surface area contributed by atoms with Crippen LogP contribution in [0.5, 0.6) is 11.5 Å². The van der Waals surface area contributed by atoms with Crippen molar-refractivity contribution in [3.8, 4) is 11.5 Å². The third-order valence-electron chi connectivity index (χ3n) is 7.32. The number of amides is 1. The summed E-state index contributed by atoms with van der Waals surface area (Å²) < 4.78 is 5.49. The molecule has 2 aromatic rings. The van der Waals surface area contributed by atoms with E-state index in [4.69, 9.17) is 21.9 Å². The van der Waals surface area contributed by atoms with E-state index in [1.807, 2.05) is 63.2 Å². The SMILES string of the molecule is COc1cc(C=N[C@@H]2CCCC[C@H]2NC(=S)N[C@H](C(=O)NCc2ccccc2)C(C)(C)C)c(O)c(C(C)(C)C)c1. The quantitative estimate of drug-likeness (QED) is 0.245. The van der Waals surface area contributed by atoms with E-state index in [1.165, 1.54) is 0 Å². The number of rotatable bonds is 8. The first-order valence-electron chi connectivity index (χ1n) is 14.1. The number of methoxy groups -OCH3 is 1. The number of aliphatic imine (C=N–C) groups is 1. The lowest BCUT2D eigenvalue weighted by Gasteiger charge is -2.34. The molecule has 0 unspecified atom stereocenters. The van der Waals surface area contributed by atoms with E-state index in [9.17, 15) is 9.90 Å². The summed E-state index contributed by atoms with van der Waals surface area (Å²) in [5, 5.41) is 21.2. The summed E-state index contributed by atoms with van der Waals surface area (Å²) in [4.78, 5) is 18.1. The molecule has 40 heavy (non-hydrogen) atoms. The van der Waals surface area contributed by atoms with Crippen LogP contribution in [-0.2, 0) is 16.8 Å². The first kappa shape index (κ1) is 31.4. The Kier molecular flexibility index (Phi) is 10.6. The van der Waals surface area contributed by atoms with E-state index in [-0.39, 0.29) is 34.6 Å². The van der Waals surface area contributed by atoms with Crippen molar-refractivity contribution in [1.82, 2.24) is 16.0 Å². The van der Waals surface area contributed by atoms with Gasteiger partial charge in [0.25, 0.3) is 0 Å². The maximum absolute atomic E-state index is 13.2. The second kappa shape index (κ2) is 13.5. The molecule has 7 nitrogen and oxygen atoms in total. The molecule has 0 saturated heterocycles. The molecule has 4 N–H and O–H groups in total. The molecule has 3 rings (SSSR count). The number of hydrogen-bond acceptors (Lipinski definition) is 5. The topological polar surface area (TPSA) is 95.0 Å². The number of carbonyl (C=O) groups excluding carboxylic acids is 1. The van der Waals surface area contributed by atoms with Gasteiger partial charge in [0.05, 0.1) is 19.2 Å². The lowest BCUT2D eigenvalue weighted by atomic mass is 9.85. The van der Waals surface area contributed by atoms with Crippen LogP contribution in [0.3, 0.4) is 0 Å². The third-order valence-corrected chi connectivity index (χ3v) is 7.56. The highest BCUT2D eigenvalue weighted by Crippen LogP contribution is 2.36. The molecule has 3 atom stereocenters. The summed E-state index contributed by atoms with van der Waals surface area (Å²) in [6, 6.07) is 13.0. The molecule has 1 aliphatic carbocycles. The Bertz CT molecular complexity index is 1190. The van der Waals surface area contributed by atoms with Crippen molar-refractivity contribution < 1.29 is 14.6 Å². The van der Waals surface area contributed by atoms with Crippen molar-refractivity contribution in [3.63, 3.8) is 0 Å². The van der Waals surface area contributed by atoms with Crippen molar-refractivity contribution in [2.75, 3.05) is 7.11 Å². The minimum absolute atomic E-state index is 0.0165. The normalized spacial score (nSPS) is 18.7. The predicted molar refractivity (Wildman–Crippen MR) is 167 cm³/mol. The molecule has 0 bridgehead atoms. The van der Waals surface area contributed by atoms with Gasteiger partial charge in [-0.15, -0.1) is 0 Å². The average molecular weight is 567 g/mol. The van der Waals surface area contributed by atoms with Crippen LogP contribution in [0.25, 0.3) is 0 Å². The zero-order valence-corrected chi connectivity index (χ0v) is 25.8. The van der Waals surface area contributed by atoms with Crippen molar-refractivity contribution in [2.45, 2.75) is 97.3 Å². The van der Waals surface area contributed by atoms with E-state index in [0.29, 0.717) is 23.0 Å². The van der Waals surface area contributed by atoms with Gasteiger partial charge in [-0.3, -0.25) is 9.79 Å². The molecule has 2 aromatic carbocycles. The molecule has 218 valence electrons. The Labute approximate surface area is 245 Å². The molecule has 0 radical (unpaired) electrons. The highest BCUT2D eigenvalue weighted by molar-refractivity contribution is 7.80. The number of thiocarbonyl (C=S) groups is 1. The fraction of sp³-hybridized carbons (Fsp3) is 0.531. The number of phenols is 1. The van der Waals surface area contributed by atoms with Gasteiger partial charge < -0.3 is 25.8 Å². The van der Waals surface area contributed by atoms with Crippen LogP contribution in [0.1, 0.15) is 83.9 Å². The van der Waals surface area contributed by atoms with Gasteiger partial charge in [-0.25, -0.2) is 0 Å². The summed E-state index contributed by atoms with van der Waals surface area (Å²) in [7, 11) is 1.63. The molecule has 0 spiro atoms. The third kappa shape index (κ3) is 8.68. The summed E-state index contributed by atoms with van der Waals surface area (Å²) in [6.45, 7) is 12.7. The summed E-state index contributed by atoms with van der Waals surface area (Å²) >= 11 is 5.71. The number of ether oxygens (including phenoxy) is 1. The van der Waals surface area contributed by atoms with Crippen LogP contribution in [0.15, 0.2) is 47.5 Å². The molecule has 0 aliphatic heterocycles. The van der Waals surface area contributed by atoms with E-state index in [2.05, 4.69) is 36.7 Å². The highest BCUT2D eigenvalue weighted by atomic mass is 32.1. The summed E-state index contributed by atoms with van der Waals surface area (Å²) in [5.74, 6) is 0.817. The molecular formula is C32H46N4O3S. The molecule has 0 aromatic heterocycles. The molecule has 0 heterocycles. The molecular weight excluding hydrogens is 520 g/mol. The molecule has 8 heteroatoms. The minimum Gasteiger partial charge on any atom is -0.507 e. The maximum Gasteiger partial charge on any atom is 0.243 e. The van der Waals surface area contributed by atoms with Gasteiger partial charge in [-0.1, -0.05) is 84.7 Å². The minimum atomic E-state index is -0.508. The van der Waals surface area contributed by atoms with Gasteiger partial charge in [-0.05, 0) is 53.6 Å². The molecule has 1 saturated carbocycles. The molecule has 1 amide bonds. The van der Waals surface area contributed by atoms with Crippen LogP contribution in [0.2, 0.25) is 0 Å². The fourth-order valence-electron chi connectivity index (χ4n) is 4.96. The number of aromatic hydroxyl groups is 1. The Hall–Kier alpha value is -3.13. The standard InChI is InChI=1S/C32H46N4O3S/c1-31(2,3)24-18-23(39-7)17-22(27(24)37)20-33-25-15-11-12-16-26(25)35-30(40)36-28(32(4,5)6)29(38)34-19-21-13-9-8-10-14-21/h8-10,13-14,17-18,20,25-26,28,37H,11-12,15-16,19H2,1-7H3,(H,34,38)(H2,35,36,40)/t25-,26-,28-/m1/s1. The number of phenolic OH excluding ortho intramolecular Hbond substituents is 1.